The molecule has 0 aromatic heterocycles. The number of alkyl halides is 2. The molecule has 0 bridgehead atoms. The molecule has 0 spiro atoms. The first-order valence-corrected chi connectivity index (χ1v) is 7.19. The van der Waals surface area contributed by atoms with Gasteiger partial charge in [0.25, 0.3) is 0 Å². The third-order valence-corrected chi connectivity index (χ3v) is 3.31. The first-order chi connectivity index (χ1) is 12.4. The van der Waals surface area contributed by atoms with E-state index in [0.717, 1.165) is 25.2 Å². The fourth-order valence-corrected chi connectivity index (χ4v) is 2.22. The number of rotatable bonds is 5. The number of allylic oxidation sites excluding steroid dienone is 2. The lowest BCUT2D eigenvalue weighted by molar-refractivity contribution is -0.139. The van der Waals surface area contributed by atoms with E-state index in [1.807, 2.05) is 0 Å². The Morgan fingerprint density at radius 3 is 2.38 bits per heavy atom. The number of esters is 2. The van der Waals surface area contributed by atoms with Crippen LogP contribution in [-0.4, -0.2) is 32.8 Å². The van der Waals surface area contributed by atoms with E-state index in [1.54, 1.807) is 0 Å². The highest BCUT2D eigenvalue weighted by Gasteiger charge is 2.29. The largest absolute Gasteiger partial charge is 0.465 e. The molecule has 1 aromatic rings. The zero-order valence-electron chi connectivity index (χ0n) is 13.7. The quantitative estimate of drug-likeness (QED) is 0.744. The Morgan fingerprint density at radius 2 is 1.77 bits per heavy atom. The number of nitrogens with zero attached hydrogens (tertiary/aromatic N) is 1. The molecule has 0 saturated carbocycles. The SMILES string of the molecule is COC(=O)C1=C(C(=O)OC)N(c2cccc(OC(F)F)c2F)C=CC=C1. The molecule has 138 valence electrons. The van der Waals surface area contributed by atoms with E-state index in [-0.39, 0.29) is 17.0 Å². The van der Waals surface area contributed by atoms with Gasteiger partial charge in [-0.05, 0) is 24.3 Å². The molecule has 0 amide bonds. The number of anilines is 1. The number of methoxy groups -OCH3 is 2. The summed E-state index contributed by atoms with van der Waals surface area (Å²) in [4.78, 5) is 25.2. The second kappa shape index (κ2) is 8.24. The molecule has 26 heavy (non-hydrogen) atoms. The van der Waals surface area contributed by atoms with Crippen LogP contribution < -0.4 is 9.64 Å². The van der Waals surface area contributed by atoms with Crippen LogP contribution in [-0.2, 0) is 19.1 Å². The zero-order chi connectivity index (χ0) is 19.3. The predicted molar refractivity (Wildman–Crippen MR) is 84.8 cm³/mol. The van der Waals surface area contributed by atoms with Gasteiger partial charge in [0, 0.05) is 6.20 Å². The maximum absolute atomic E-state index is 14.7. The van der Waals surface area contributed by atoms with Gasteiger partial charge in [-0.15, -0.1) is 0 Å². The van der Waals surface area contributed by atoms with Crippen LogP contribution in [0.2, 0.25) is 0 Å². The van der Waals surface area contributed by atoms with Gasteiger partial charge in [0.15, 0.2) is 11.6 Å². The third-order valence-electron chi connectivity index (χ3n) is 3.31. The Hall–Kier alpha value is -3.23. The van der Waals surface area contributed by atoms with Crippen LogP contribution in [0, 0.1) is 5.82 Å². The molecular weight excluding hydrogens is 355 g/mol. The summed E-state index contributed by atoms with van der Waals surface area (Å²) in [6.07, 6.45) is 5.39. The van der Waals surface area contributed by atoms with Gasteiger partial charge in [-0.25, -0.2) is 14.0 Å². The Balaban J connectivity index is 2.66. The minimum Gasteiger partial charge on any atom is -0.465 e. The molecule has 9 heteroatoms. The Labute approximate surface area is 146 Å². The fraction of sp³-hybridized carbons (Fsp3) is 0.176. The molecule has 0 N–H and O–H groups in total. The Morgan fingerprint density at radius 1 is 1.08 bits per heavy atom. The van der Waals surface area contributed by atoms with E-state index in [2.05, 4.69) is 14.2 Å². The summed E-state index contributed by atoms with van der Waals surface area (Å²) in [7, 11) is 2.19. The molecule has 6 nitrogen and oxygen atoms in total. The summed E-state index contributed by atoms with van der Waals surface area (Å²) >= 11 is 0. The van der Waals surface area contributed by atoms with Gasteiger partial charge >= 0.3 is 18.6 Å². The molecule has 0 radical (unpaired) electrons. The summed E-state index contributed by atoms with van der Waals surface area (Å²) in [5, 5.41) is 0. The van der Waals surface area contributed by atoms with Crippen molar-refractivity contribution in [3.05, 3.63) is 59.7 Å². The summed E-state index contributed by atoms with van der Waals surface area (Å²) in [6.45, 7) is -3.23. The molecule has 0 saturated heterocycles. The lowest BCUT2D eigenvalue weighted by atomic mass is 10.1. The van der Waals surface area contributed by atoms with Crippen molar-refractivity contribution < 1.29 is 37.0 Å². The van der Waals surface area contributed by atoms with Crippen LogP contribution in [0.1, 0.15) is 0 Å². The van der Waals surface area contributed by atoms with Crippen molar-refractivity contribution >= 4 is 17.6 Å². The molecule has 0 atom stereocenters. The van der Waals surface area contributed by atoms with Crippen LogP contribution in [0.3, 0.4) is 0 Å². The number of benzene rings is 1. The number of hydrogen-bond acceptors (Lipinski definition) is 6. The minimum absolute atomic E-state index is 0.205. The second-order valence-electron chi connectivity index (χ2n) is 4.78. The van der Waals surface area contributed by atoms with Gasteiger partial charge in [-0.3, -0.25) is 0 Å². The molecule has 1 heterocycles. The molecule has 1 aliphatic heterocycles. The van der Waals surface area contributed by atoms with Gasteiger partial charge in [-0.1, -0.05) is 12.1 Å². The lowest BCUT2D eigenvalue weighted by Gasteiger charge is -2.24. The van der Waals surface area contributed by atoms with Gasteiger partial charge in [-0.2, -0.15) is 8.78 Å². The van der Waals surface area contributed by atoms with Gasteiger partial charge < -0.3 is 19.1 Å². The predicted octanol–water partition coefficient (Wildman–Crippen LogP) is 2.92. The zero-order valence-corrected chi connectivity index (χ0v) is 13.7. The molecule has 1 aromatic carbocycles. The van der Waals surface area contributed by atoms with E-state index in [1.165, 1.54) is 36.6 Å². The number of carbonyl (C=O) groups excluding carboxylic acids is 2. The topological polar surface area (TPSA) is 65.1 Å². The normalized spacial score (nSPS) is 13.7. The van der Waals surface area contributed by atoms with E-state index in [0.29, 0.717) is 0 Å². The number of halogens is 3. The molecule has 1 aliphatic rings. The molecule has 0 fully saturated rings. The average molecular weight is 369 g/mol. The molecule has 0 unspecified atom stereocenters. The molecule has 0 aliphatic carbocycles. The highest BCUT2D eigenvalue weighted by atomic mass is 19.3. The second-order valence-corrected chi connectivity index (χ2v) is 4.78. The van der Waals surface area contributed by atoms with Gasteiger partial charge in [0.05, 0.1) is 25.5 Å². The number of ether oxygens (including phenoxy) is 3. The summed E-state index contributed by atoms with van der Waals surface area (Å²) in [6, 6.07) is 3.49. The average Bonchev–Trinajstić information content (AvgIpc) is 2.84. The smallest absolute Gasteiger partial charge is 0.387 e. The van der Waals surface area contributed by atoms with Crippen molar-refractivity contribution in [3.63, 3.8) is 0 Å². The summed E-state index contributed by atoms with van der Waals surface area (Å²) in [5.74, 6) is -3.69. The number of carbonyl (C=O) groups is 2. The van der Waals surface area contributed by atoms with E-state index >= 15 is 0 Å². The lowest BCUT2D eigenvalue weighted by Crippen LogP contribution is -2.27. The van der Waals surface area contributed by atoms with Gasteiger partial charge in [0.2, 0.25) is 0 Å². The summed E-state index contributed by atoms with van der Waals surface area (Å²) < 4.78 is 53.0. The third kappa shape index (κ3) is 3.88. The fourth-order valence-electron chi connectivity index (χ4n) is 2.22. The van der Waals surface area contributed by atoms with Gasteiger partial charge in [0.1, 0.15) is 5.70 Å². The highest BCUT2D eigenvalue weighted by Crippen LogP contribution is 2.33. The maximum atomic E-state index is 14.7. The van der Waals surface area contributed by atoms with Crippen molar-refractivity contribution in [2.24, 2.45) is 0 Å². The van der Waals surface area contributed by atoms with Crippen LogP contribution in [0.25, 0.3) is 0 Å². The first-order valence-electron chi connectivity index (χ1n) is 7.19. The number of hydrogen-bond donors (Lipinski definition) is 0. The van der Waals surface area contributed by atoms with Crippen LogP contribution in [0.15, 0.2) is 53.9 Å². The standard InChI is InChI=1S/C17H14F3NO5/c1-24-15(22)10-6-3-4-9-21(14(10)16(23)25-2)11-7-5-8-12(13(11)18)26-17(19)20/h3-9,17H,1-2H3. The molecule has 2 rings (SSSR count). The van der Waals surface area contributed by atoms with Crippen molar-refractivity contribution in [2.45, 2.75) is 6.61 Å². The van der Waals surface area contributed by atoms with Crippen LogP contribution in [0.5, 0.6) is 5.75 Å². The minimum atomic E-state index is -3.23. The Kier molecular flexibility index (Phi) is 6.05. The van der Waals surface area contributed by atoms with Crippen LogP contribution >= 0.6 is 0 Å². The summed E-state index contributed by atoms with van der Waals surface area (Å²) in [5.41, 5.74) is -0.855. The highest BCUT2D eigenvalue weighted by molar-refractivity contribution is 6.05. The van der Waals surface area contributed by atoms with E-state index < -0.39 is 30.1 Å². The van der Waals surface area contributed by atoms with E-state index in [9.17, 15) is 22.8 Å². The van der Waals surface area contributed by atoms with Crippen molar-refractivity contribution in [2.75, 3.05) is 19.1 Å². The van der Waals surface area contributed by atoms with Crippen molar-refractivity contribution in [1.82, 2.24) is 0 Å². The Bertz CT molecular complexity index is 802. The first kappa shape index (κ1) is 19.1. The maximum Gasteiger partial charge on any atom is 0.387 e. The molecular formula is C17H14F3NO5. The van der Waals surface area contributed by atoms with E-state index in [4.69, 9.17) is 0 Å². The monoisotopic (exact) mass is 369 g/mol. The van der Waals surface area contributed by atoms with Crippen molar-refractivity contribution in [3.8, 4) is 5.75 Å². The van der Waals surface area contributed by atoms with Crippen molar-refractivity contribution in [1.29, 1.82) is 0 Å². The van der Waals surface area contributed by atoms with Crippen LogP contribution in [0.4, 0.5) is 18.9 Å².